The highest BCUT2D eigenvalue weighted by Gasteiger charge is 2.33. The standard InChI is InChI=1S/C30H26N8O/c1-2-4-23(5-3-1)36-12-13-38-24(17-36)19-39-28-15-22(8-9-27(28)38)33-29-30-31-10-11-37(30)18-26(34-29)20-6-7-21-16-32-35-25(21)14-20/h1-11,14-16,18,24H,12-13,17,19H2,(H,32,35)(H,33,34). The maximum atomic E-state index is 6.30. The van der Waals surface area contributed by atoms with E-state index >= 15 is 0 Å². The fraction of sp³-hybridized carbons (Fsp3) is 0.167. The number of nitrogens with zero attached hydrogens (tertiary/aromatic N) is 6. The lowest BCUT2D eigenvalue weighted by atomic mass is 10.1. The van der Waals surface area contributed by atoms with Gasteiger partial charge in [-0.2, -0.15) is 5.10 Å². The van der Waals surface area contributed by atoms with Crippen molar-refractivity contribution >= 4 is 39.4 Å². The quantitative estimate of drug-likeness (QED) is 0.338. The number of para-hydroxylation sites is 1. The van der Waals surface area contributed by atoms with E-state index < -0.39 is 0 Å². The van der Waals surface area contributed by atoms with Gasteiger partial charge in [0.25, 0.3) is 0 Å². The number of H-pyrrole nitrogens is 1. The van der Waals surface area contributed by atoms with Crippen molar-refractivity contribution in [3.63, 3.8) is 0 Å². The zero-order valence-electron chi connectivity index (χ0n) is 21.2. The molecule has 6 aromatic rings. The number of fused-ring (bicyclic) bond motifs is 5. The van der Waals surface area contributed by atoms with Gasteiger partial charge in [0.05, 0.1) is 29.1 Å². The molecule has 0 saturated carbocycles. The van der Waals surface area contributed by atoms with Crippen LogP contribution in [0.1, 0.15) is 0 Å². The molecule has 1 fully saturated rings. The molecule has 5 heterocycles. The molecule has 1 atom stereocenters. The van der Waals surface area contributed by atoms with Gasteiger partial charge >= 0.3 is 0 Å². The van der Waals surface area contributed by atoms with Crippen LogP contribution in [0.15, 0.2) is 91.5 Å². The van der Waals surface area contributed by atoms with Gasteiger partial charge in [0.15, 0.2) is 11.5 Å². The summed E-state index contributed by atoms with van der Waals surface area (Å²) in [5, 5.41) is 11.8. The van der Waals surface area contributed by atoms with Crippen molar-refractivity contribution in [2.24, 2.45) is 0 Å². The highest BCUT2D eigenvalue weighted by Crippen LogP contribution is 2.38. The van der Waals surface area contributed by atoms with E-state index in [1.54, 1.807) is 6.20 Å². The van der Waals surface area contributed by atoms with Crippen LogP contribution >= 0.6 is 0 Å². The summed E-state index contributed by atoms with van der Waals surface area (Å²) in [4.78, 5) is 14.4. The van der Waals surface area contributed by atoms with Gasteiger partial charge in [-0.25, -0.2) is 9.97 Å². The van der Waals surface area contributed by atoms with Crippen molar-refractivity contribution in [2.75, 3.05) is 41.4 Å². The van der Waals surface area contributed by atoms with Gasteiger partial charge < -0.3 is 24.3 Å². The molecule has 0 aliphatic carbocycles. The van der Waals surface area contributed by atoms with E-state index in [1.165, 1.54) is 5.69 Å². The number of hydrogen-bond donors (Lipinski definition) is 2. The van der Waals surface area contributed by atoms with Gasteiger partial charge in [0.2, 0.25) is 0 Å². The van der Waals surface area contributed by atoms with Crippen LogP contribution in [0.25, 0.3) is 27.8 Å². The summed E-state index contributed by atoms with van der Waals surface area (Å²) in [6.07, 6.45) is 7.54. The minimum atomic E-state index is 0.320. The molecule has 9 nitrogen and oxygen atoms in total. The maximum Gasteiger partial charge on any atom is 0.180 e. The summed E-state index contributed by atoms with van der Waals surface area (Å²) in [5.41, 5.74) is 6.90. The topological polar surface area (TPSA) is 86.6 Å². The summed E-state index contributed by atoms with van der Waals surface area (Å²) in [6, 6.07) is 23.4. The Bertz CT molecular complexity index is 1810. The molecule has 1 unspecified atom stereocenters. The summed E-state index contributed by atoms with van der Waals surface area (Å²) in [5.74, 6) is 1.58. The van der Waals surface area contributed by atoms with Crippen LogP contribution in [0.2, 0.25) is 0 Å². The van der Waals surface area contributed by atoms with E-state index in [4.69, 9.17) is 9.72 Å². The number of aromatic amines is 1. The Morgan fingerprint density at radius 2 is 1.95 bits per heavy atom. The molecule has 0 bridgehead atoms. The molecule has 2 N–H and O–H groups in total. The smallest absolute Gasteiger partial charge is 0.180 e. The van der Waals surface area contributed by atoms with Crippen molar-refractivity contribution < 1.29 is 4.74 Å². The zero-order chi connectivity index (χ0) is 25.8. The molecule has 39 heavy (non-hydrogen) atoms. The monoisotopic (exact) mass is 514 g/mol. The molecule has 2 aliphatic rings. The molecule has 3 aromatic heterocycles. The Balaban J connectivity index is 1.08. The number of piperazine rings is 1. The first-order valence-electron chi connectivity index (χ1n) is 13.2. The summed E-state index contributed by atoms with van der Waals surface area (Å²) < 4.78 is 8.29. The Hall–Kier alpha value is -5.05. The fourth-order valence-electron chi connectivity index (χ4n) is 5.71. The molecule has 9 heteroatoms. The number of anilines is 4. The number of nitrogens with one attached hydrogen (secondary N) is 2. The molecule has 1 saturated heterocycles. The van der Waals surface area contributed by atoms with Crippen molar-refractivity contribution in [3.05, 3.63) is 91.5 Å². The third kappa shape index (κ3) is 3.82. The average Bonchev–Trinajstić information content (AvgIpc) is 3.66. The second-order valence-electron chi connectivity index (χ2n) is 10.1. The normalized spacial score (nSPS) is 16.7. The number of rotatable bonds is 4. The second kappa shape index (κ2) is 8.76. The summed E-state index contributed by atoms with van der Waals surface area (Å²) >= 11 is 0. The molecule has 3 aromatic carbocycles. The fourth-order valence-corrected chi connectivity index (χ4v) is 5.71. The van der Waals surface area contributed by atoms with E-state index in [9.17, 15) is 0 Å². The largest absolute Gasteiger partial charge is 0.489 e. The van der Waals surface area contributed by atoms with E-state index in [1.807, 2.05) is 23.0 Å². The predicted molar refractivity (Wildman–Crippen MR) is 153 cm³/mol. The Labute approximate surface area is 224 Å². The van der Waals surface area contributed by atoms with Gasteiger partial charge in [-0.15, -0.1) is 0 Å². The van der Waals surface area contributed by atoms with Crippen LogP contribution in [0.4, 0.5) is 22.9 Å². The number of ether oxygens (including phenoxy) is 1. The lowest BCUT2D eigenvalue weighted by molar-refractivity contribution is 0.255. The van der Waals surface area contributed by atoms with Gasteiger partial charge in [-0.1, -0.05) is 30.3 Å². The van der Waals surface area contributed by atoms with E-state index in [2.05, 4.69) is 97.0 Å². The van der Waals surface area contributed by atoms with Crippen LogP contribution in [0, 0.1) is 0 Å². The van der Waals surface area contributed by atoms with Gasteiger partial charge in [0.1, 0.15) is 12.4 Å². The van der Waals surface area contributed by atoms with Gasteiger partial charge in [0, 0.05) is 66.6 Å². The highest BCUT2D eigenvalue weighted by atomic mass is 16.5. The number of aromatic nitrogens is 5. The number of benzene rings is 3. The third-order valence-electron chi connectivity index (χ3n) is 7.68. The number of hydrogen-bond acceptors (Lipinski definition) is 7. The molecule has 0 amide bonds. The van der Waals surface area contributed by atoms with E-state index in [0.29, 0.717) is 18.5 Å². The van der Waals surface area contributed by atoms with Crippen molar-refractivity contribution in [1.82, 2.24) is 24.6 Å². The van der Waals surface area contributed by atoms with Crippen LogP contribution in [-0.4, -0.2) is 56.8 Å². The minimum Gasteiger partial charge on any atom is -0.489 e. The van der Waals surface area contributed by atoms with Crippen molar-refractivity contribution in [1.29, 1.82) is 0 Å². The van der Waals surface area contributed by atoms with Crippen LogP contribution < -0.4 is 19.9 Å². The Kier molecular flexibility index (Phi) is 4.94. The van der Waals surface area contributed by atoms with Gasteiger partial charge in [-0.3, -0.25) is 5.10 Å². The van der Waals surface area contributed by atoms with Crippen LogP contribution in [-0.2, 0) is 0 Å². The third-order valence-corrected chi connectivity index (χ3v) is 7.68. The van der Waals surface area contributed by atoms with Crippen LogP contribution in [0.3, 0.4) is 0 Å². The second-order valence-corrected chi connectivity index (χ2v) is 10.1. The van der Waals surface area contributed by atoms with Crippen molar-refractivity contribution in [2.45, 2.75) is 6.04 Å². The maximum absolute atomic E-state index is 6.30. The van der Waals surface area contributed by atoms with Crippen molar-refractivity contribution in [3.8, 4) is 17.0 Å². The lowest BCUT2D eigenvalue weighted by Crippen LogP contribution is -2.57. The number of imidazole rings is 1. The SMILES string of the molecule is c1ccc(N2CCN3c4ccc(Nc5nc(-c6ccc7cn[nH]c7c6)cn6ccnc56)cc4OCC3C2)cc1. The van der Waals surface area contributed by atoms with E-state index in [-0.39, 0.29) is 0 Å². The molecular formula is C30H26N8O. The first kappa shape index (κ1) is 22.0. The average molecular weight is 515 g/mol. The molecule has 0 spiro atoms. The Morgan fingerprint density at radius 3 is 2.90 bits per heavy atom. The highest BCUT2D eigenvalue weighted by molar-refractivity contribution is 5.84. The summed E-state index contributed by atoms with van der Waals surface area (Å²) in [7, 11) is 0. The molecule has 0 radical (unpaired) electrons. The van der Waals surface area contributed by atoms with E-state index in [0.717, 1.165) is 64.6 Å². The minimum absolute atomic E-state index is 0.320. The molecule has 8 rings (SSSR count). The lowest BCUT2D eigenvalue weighted by Gasteiger charge is -2.46. The first-order chi connectivity index (χ1) is 19.3. The summed E-state index contributed by atoms with van der Waals surface area (Å²) in [6.45, 7) is 3.55. The molecule has 192 valence electrons. The first-order valence-corrected chi connectivity index (χ1v) is 13.2. The van der Waals surface area contributed by atoms with Crippen LogP contribution in [0.5, 0.6) is 5.75 Å². The zero-order valence-corrected chi connectivity index (χ0v) is 21.2. The molecular weight excluding hydrogens is 488 g/mol. The van der Waals surface area contributed by atoms with Gasteiger partial charge in [-0.05, 0) is 30.3 Å². The predicted octanol–water partition coefficient (Wildman–Crippen LogP) is 5.10. The Morgan fingerprint density at radius 1 is 1.00 bits per heavy atom. The molecule has 2 aliphatic heterocycles.